The number of aromatic nitrogens is 4. The lowest BCUT2D eigenvalue weighted by Crippen LogP contribution is -2.10. The minimum Gasteiger partial charge on any atom is -0.341 e. The van der Waals surface area contributed by atoms with E-state index in [1.807, 2.05) is 48.8 Å². The maximum absolute atomic E-state index is 4.26. The average Bonchev–Trinajstić information content (AvgIpc) is 3.37. The minimum atomic E-state index is 1.01. The van der Waals surface area contributed by atoms with Crippen LogP contribution in [0.1, 0.15) is 11.1 Å². The first-order valence-corrected chi connectivity index (χ1v) is 11.9. The third kappa shape index (κ3) is 3.68. The zero-order valence-electron chi connectivity index (χ0n) is 20.2. The zero-order chi connectivity index (χ0) is 24.5. The summed E-state index contributed by atoms with van der Waals surface area (Å²) in [5.41, 5.74) is 11.6. The van der Waals surface area contributed by atoms with Crippen molar-refractivity contribution < 1.29 is 0 Å². The van der Waals surface area contributed by atoms with Crippen molar-refractivity contribution in [2.24, 2.45) is 14.1 Å². The quantitative estimate of drug-likeness (QED) is 0.364. The smallest absolute Gasteiger partial charge is 0.0821 e. The van der Waals surface area contributed by atoms with Crippen LogP contribution in [0, 0.1) is 10.7 Å². The van der Waals surface area contributed by atoms with Gasteiger partial charge >= 0.3 is 0 Å². The highest BCUT2D eigenvalue weighted by Crippen LogP contribution is 2.15. The molecule has 0 amide bonds. The summed E-state index contributed by atoms with van der Waals surface area (Å²) in [6.45, 7) is 0. The van der Waals surface area contributed by atoms with Gasteiger partial charge in [0.1, 0.15) is 0 Å². The molecule has 0 saturated heterocycles. The van der Waals surface area contributed by atoms with Crippen molar-refractivity contribution in [3.63, 3.8) is 0 Å². The number of fused-ring (bicyclic) bond motifs is 2. The monoisotopic (exact) mass is 464 g/mol. The second kappa shape index (κ2) is 9.05. The predicted molar refractivity (Wildman–Crippen MR) is 147 cm³/mol. The molecule has 4 heteroatoms. The van der Waals surface area contributed by atoms with Crippen molar-refractivity contribution in [2.45, 2.75) is 0 Å². The molecule has 0 radical (unpaired) electrons. The third-order valence-corrected chi connectivity index (χ3v) is 6.57. The third-order valence-electron chi connectivity index (χ3n) is 6.57. The van der Waals surface area contributed by atoms with Crippen molar-refractivity contribution in [2.75, 3.05) is 0 Å². The van der Waals surface area contributed by atoms with Crippen LogP contribution in [0.5, 0.6) is 0 Å². The molecule has 6 rings (SSSR count). The second-order valence-electron chi connectivity index (χ2n) is 8.75. The maximum atomic E-state index is 4.26. The Hall–Kier alpha value is -4.88. The van der Waals surface area contributed by atoms with Crippen LogP contribution in [0.15, 0.2) is 97.6 Å². The Balaban J connectivity index is 1.91. The van der Waals surface area contributed by atoms with Crippen LogP contribution in [-0.4, -0.2) is 19.1 Å². The Labute approximate surface area is 208 Å². The molecule has 0 aliphatic rings. The molecular weight excluding hydrogens is 440 g/mol. The van der Waals surface area contributed by atoms with Gasteiger partial charge in [0, 0.05) is 71.8 Å². The number of rotatable bonds is 2. The van der Waals surface area contributed by atoms with Crippen LogP contribution in [-0.2, 0) is 14.1 Å². The number of hydrogen-bond acceptors (Lipinski definition) is 2. The van der Waals surface area contributed by atoms with Crippen LogP contribution in [0.4, 0.5) is 0 Å². The highest BCUT2D eigenvalue weighted by Gasteiger charge is 2.10. The molecule has 4 aromatic heterocycles. The fraction of sp³-hybridized carbons (Fsp3) is 0.0625. The summed E-state index contributed by atoms with van der Waals surface area (Å²) in [5, 5.41) is 6.60. The van der Waals surface area contributed by atoms with Crippen LogP contribution < -0.4 is 10.4 Å². The van der Waals surface area contributed by atoms with Gasteiger partial charge in [-0.3, -0.25) is 9.97 Å². The molecular formula is C32H24N4. The van der Waals surface area contributed by atoms with Gasteiger partial charge in [0.15, 0.2) is 0 Å². The number of nitrogens with zero attached hydrogens (tertiary/aromatic N) is 4. The molecule has 0 aliphatic heterocycles. The standard InChI is InChI=1S/C32H24N4/c1-35-29-13-5-3-11-25(29)27(17-15-23-9-7-19-33-21-23)31(35)32-28(18-16-24-10-8-20-34-22-24)26-12-4-6-14-30(26)36(32)2/h3-16,19-22H,1-2H3/b32-31+. The highest BCUT2D eigenvalue weighted by molar-refractivity contribution is 5.85. The first-order valence-electron chi connectivity index (χ1n) is 11.9. The molecule has 0 spiro atoms. The molecule has 6 aromatic rings. The summed E-state index contributed by atoms with van der Waals surface area (Å²) in [6, 6.07) is 24.9. The van der Waals surface area contributed by atoms with E-state index in [2.05, 4.69) is 93.2 Å². The first-order chi connectivity index (χ1) is 17.7. The van der Waals surface area contributed by atoms with E-state index in [9.17, 15) is 0 Å². The maximum Gasteiger partial charge on any atom is 0.0821 e. The van der Waals surface area contributed by atoms with E-state index in [1.165, 1.54) is 0 Å². The summed E-state index contributed by atoms with van der Waals surface area (Å²) in [5.74, 6) is 0. The molecule has 172 valence electrons. The Morgan fingerprint density at radius 3 is 1.44 bits per heavy atom. The second-order valence-corrected chi connectivity index (χ2v) is 8.75. The van der Waals surface area contributed by atoms with Gasteiger partial charge in [-0.15, -0.1) is 11.5 Å². The van der Waals surface area contributed by atoms with E-state index < -0.39 is 0 Å². The number of para-hydroxylation sites is 2. The van der Waals surface area contributed by atoms with Crippen molar-refractivity contribution >= 4 is 45.4 Å². The van der Waals surface area contributed by atoms with Crippen LogP contribution >= 0.6 is 0 Å². The van der Waals surface area contributed by atoms with Crippen molar-refractivity contribution in [3.05, 3.63) is 130 Å². The molecule has 0 unspecified atom stereocenters. The number of hydrogen-bond donors (Lipinski definition) is 0. The Morgan fingerprint density at radius 1 is 0.583 bits per heavy atom. The Morgan fingerprint density at radius 2 is 1.03 bits per heavy atom. The average molecular weight is 465 g/mol. The van der Waals surface area contributed by atoms with E-state index in [4.69, 9.17) is 0 Å². The van der Waals surface area contributed by atoms with Crippen molar-refractivity contribution in [1.29, 1.82) is 0 Å². The van der Waals surface area contributed by atoms with Gasteiger partial charge < -0.3 is 9.13 Å². The Kier molecular flexibility index (Phi) is 5.44. The number of aryl methyl sites for hydroxylation is 2. The number of pyridine rings is 2. The molecule has 0 saturated carbocycles. The van der Waals surface area contributed by atoms with Gasteiger partial charge in [0.05, 0.1) is 21.1 Å². The highest BCUT2D eigenvalue weighted by atomic mass is 15.0. The summed E-state index contributed by atoms with van der Waals surface area (Å²) >= 11 is 0. The predicted octanol–water partition coefficient (Wildman–Crippen LogP) is 4.93. The van der Waals surface area contributed by atoms with E-state index in [0.717, 1.165) is 54.1 Å². The molecule has 0 bridgehead atoms. The number of benzene rings is 2. The van der Waals surface area contributed by atoms with Gasteiger partial charge in [-0.1, -0.05) is 48.5 Å². The molecule has 4 heterocycles. The fourth-order valence-corrected chi connectivity index (χ4v) is 4.87. The molecule has 4 nitrogen and oxygen atoms in total. The van der Waals surface area contributed by atoms with Crippen LogP contribution in [0.3, 0.4) is 0 Å². The largest absolute Gasteiger partial charge is 0.341 e. The summed E-state index contributed by atoms with van der Waals surface area (Å²) in [4.78, 5) is 8.51. The molecule has 0 fully saturated rings. The van der Waals surface area contributed by atoms with E-state index in [1.54, 1.807) is 12.4 Å². The van der Waals surface area contributed by atoms with Crippen molar-refractivity contribution in [3.8, 4) is 0 Å². The van der Waals surface area contributed by atoms with Crippen LogP contribution in [0.25, 0.3) is 45.4 Å². The minimum absolute atomic E-state index is 1.01. The van der Waals surface area contributed by atoms with Gasteiger partial charge in [0.2, 0.25) is 0 Å². The molecule has 0 atom stereocenters. The SMILES string of the molecule is Cn1/c(=c2\c(=C=Cc3cccnc3)c3ccccc3n2C)c(=C=Cc2cccnc2)c2ccccc21. The van der Waals surface area contributed by atoms with Crippen molar-refractivity contribution in [1.82, 2.24) is 19.1 Å². The summed E-state index contributed by atoms with van der Waals surface area (Å²) in [7, 11) is 4.25. The van der Waals surface area contributed by atoms with Gasteiger partial charge in [0.25, 0.3) is 0 Å². The molecule has 36 heavy (non-hydrogen) atoms. The zero-order valence-corrected chi connectivity index (χ0v) is 20.2. The topological polar surface area (TPSA) is 35.6 Å². The first kappa shape index (κ1) is 21.6. The molecule has 0 aliphatic carbocycles. The van der Waals surface area contributed by atoms with Crippen LogP contribution in [0.2, 0.25) is 0 Å². The van der Waals surface area contributed by atoms with E-state index >= 15 is 0 Å². The lowest BCUT2D eigenvalue weighted by atomic mass is 10.2. The van der Waals surface area contributed by atoms with Gasteiger partial charge in [-0.25, -0.2) is 0 Å². The lowest BCUT2D eigenvalue weighted by molar-refractivity contribution is 0.860. The molecule has 2 aromatic carbocycles. The summed E-state index contributed by atoms with van der Waals surface area (Å²) in [6.07, 6.45) is 11.3. The molecule has 0 N–H and O–H groups in total. The van der Waals surface area contributed by atoms with Gasteiger partial charge in [-0.05, 0) is 36.4 Å². The Bertz CT molecular complexity index is 1870. The normalized spacial score (nSPS) is 11.8. The van der Waals surface area contributed by atoms with E-state index in [0.29, 0.717) is 0 Å². The summed E-state index contributed by atoms with van der Waals surface area (Å²) < 4.78 is 4.52. The lowest BCUT2D eigenvalue weighted by Gasteiger charge is -1.98. The fourth-order valence-electron chi connectivity index (χ4n) is 4.87. The van der Waals surface area contributed by atoms with Gasteiger partial charge in [-0.2, -0.15) is 0 Å². The van der Waals surface area contributed by atoms with E-state index in [-0.39, 0.29) is 0 Å².